The lowest BCUT2D eigenvalue weighted by Crippen LogP contribution is -2.05. The van der Waals surface area contributed by atoms with Crippen LogP contribution in [0.2, 0.25) is 0 Å². The molecule has 5 heteroatoms. The van der Waals surface area contributed by atoms with Crippen LogP contribution in [0, 0.1) is 5.95 Å². The van der Waals surface area contributed by atoms with E-state index in [1.807, 2.05) is 6.07 Å². The van der Waals surface area contributed by atoms with Crippen LogP contribution in [0.1, 0.15) is 10.4 Å². The van der Waals surface area contributed by atoms with Crippen molar-refractivity contribution < 1.29 is 13.9 Å². The van der Waals surface area contributed by atoms with Gasteiger partial charge in [-0.1, -0.05) is 18.2 Å². The van der Waals surface area contributed by atoms with E-state index in [1.54, 1.807) is 24.3 Å². The van der Waals surface area contributed by atoms with E-state index in [4.69, 9.17) is 0 Å². The number of para-hydroxylation sites is 1. The number of aromatic nitrogens is 2. The van der Waals surface area contributed by atoms with Crippen LogP contribution in [0.25, 0.3) is 5.69 Å². The molecule has 16 heavy (non-hydrogen) atoms. The summed E-state index contributed by atoms with van der Waals surface area (Å²) in [5.74, 6) is -1.46. The highest BCUT2D eigenvalue weighted by atomic mass is 19.1. The van der Waals surface area contributed by atoms with Crippen molar-refractivity contribution in [2.75, 3.05) is 7.11 Å². The maximum Gasteiger partial charge on any atom is 0.344 e. The van der Waals surface area contributed by atoms with Crippen molar-refractivity contribution in [1.29, 1.82) is 0 Å². The lowest BCUT2D eigenvalue weighted by molar-refractivity contribution is 0.0595. The minimum absolute atomic E-state index is 0.175. The molecule has 0 unspecified atom stereocenters. The van der Waals surface area contributed by atoms with Gasteiger partial charge in [-0.3, -0.25) is 0 Å². The first kappa shape index (κ1) is 10.4. The predicted molar refractivity (Wildman–Crippen MR) is 54.9 cm³/mol. The predicted octanol–water partition coefficient (Wildman–Crippen LogP) is 1.80. The molecule has 1 heterocycles. The van der Waals surface area contributed by atoms with E-state index in [0.29, 0.717) is 5.69 Å². The first-order valence-corrected chi connectivity index (χ1v) is 4.61. The maximum absolute atomic E-state index is 13.8. The first-order chi connectivity index (χ1) is 7.74. The highest BCUT2D eigenvalue weighted by Crippen LogP contribution is 2.13. The molecule has 2 aromatic rings. The summed E-state index contributed by atoms with van der Waals surface area (Å²) in [6.45, 7) is 0. The summed E-state index contributed by atoms with van der Waals surface area (Å²) in [4.78, 5) is 11.2. The van der Waals surface area contributed by atoms with Crippen LogP contribution >= 0.6 is 0 Å². The largest absolute Gasteiger partial charge is 0.465 e. The lowest BCUT2D eigenvalue weighted by Gasteiger charge is -2.01. The van der Waals surface area contributed by atoms with E-state index < -0.39 is 11.9 Å². The number of methoxy groups -OCH3 is 1. The van der Waals surface area contributed by atoms with Crippen molar-refractivity contribution in [2.45, 2.75) is 0 Å². The molecule has 1 aromatic carbocycles. The number of esters is 1. The van der Waals surface area contributed by atoms with Crippen LogP contribution in [-0.2, 0) is 4.74 Å². The summed E-state index contributed by atoms with van der Waals surface area (Å²) in [6, 6.07) is 8.71. The number of benzene rings is 1. The molecule has 82 valence electrons. The monoisotopic (exact) mass is 220 g/mol. The normalized spacial score (nSPS) is 10.1. The van der Waals surface area contributed by atoms with Gasteiger partial charge in [-0.05, 0) is 12.1 Å². The second-order valence-corrected chi connectivity index (χ2v) is 3.09. The van der Waals surface area contributed by atoms with Crippen LogP contribution in [0.3, 0.4) is 0 Å². The maximum atomic E-state index is 13.8. The number of carbonyl (C=O) groups is 1. The van der Waals surface area contributed by atoms with Crippen molar-refractivity contribution in [3.05, 3.63) is 48.0 Å². The van der Waals surface area contributed by atoms with Crippen molar-refractivity contribution in [1.82, 2.24) is 9.78 Å². The Bertz CT molecular complexity index is 508. The molecule has 0 saturated heterocycles. The Morgan fingerprint density at radius 2 is 2.06 bits per heavy atom. The van der Waals surface area contributed by atoms with E-state index in [0.717, 1.165) is 10.9 Å². The van der Waals surface area contributed by atoms with Gasteiger partial charge in [0, 0.05) is 0 Å². The molecule has 0 amide bonds. The quantitative estimate of drug-likeness (QED) is 0.725. The zero-order chi connectivity index (χ0) is 11.5. The van der Waals surface area contributed by atoms with Gasteiger partial charge in [0.25, 0.3) is 0 Å². The molecule has 0 atom stereocenters. The van der Waals surface area contributed by atoms with Gasteiger partial charge in [-0.15, -0.1) is 0 Å². The Hall–Kier alpha value is -2.17. The molecule has 1 aromatic heterocycles. The molecule has 0 aliphatic heterocycles. The second-order valence-electron chi connectivity index (χ2n) is 3.09. The zero-order valence-electron chi connectivity index (χ0n) is 8.55. The van der Waals surface area contributed by atoms with E-state index in [9.17, 15) is 9.18 Å². The highest BCUT2D eigenvalue weighted by molar-refractivity contribution is 5.89. The Balaban J connectivity index is 2.45. The van der Waals surface area contributed by atoms with Crippen molar-refractivity contribution >= 4 is 5.97 Å². The van der Waals surface area contributed by atoms with Gasteiger partial charge in [0.1, 0.15) is 5.56 Å². The van der Waals surface area contributed by atoms with Gasteiger partial charge in [-0.2, -0.15) is 9.49 Å². The minimum atomic E-state index is -0.736. The van der Waals surface area contributed by atoms with Crippen LogP contribution in [0.5, 0.6) is 0 Å². The van der Waals surface area contributed by atoms with Gasteiger partial charge in [0.2, 0.25) is 5.95 Å². The van der Waals surface area contributed by atoms with Crippen molar-refractivity contribution in [2.24, 2.45) is 0 Å². The zero-order valence-corrected chi connectivity index (χ0v) is 8.55. The molecule has 2 rings (SSSR count). The number of hydrogen-bond donors (Lipinski definition) is 0. The van der Waals surface area contributed by atoms with Crippen LogP contribution in [0.15, 0.2) is 36.5 Å². The third-order valence-corrected chi connectivity index (χ3v) is 2.12. The summed E-state index contributed by atoms with van der Waals surface area (Å²) in [7, 11) is 1.20. The Kier molecular flexibility index (Phi) is 2.68. The van der Waals surface area contributed by atoms with E-state index in [2.05, 4.69) is 9.84 Å². The summed E-state index contributed by atoms with van der Waals surface area (Å²) < 4.78 is 19.2. The number of nitrogens with zero attached hydrogens (tertiary/aromatic N) is 2. The average Bonchev–Trinajstić information content (AvgIpc) is 2.71. The van der Waals surface area contributed by atoms with Gasteiger partial charge in [-0.25, -0.2) is 9.48 Å². The molecule has 0 aliphatic carbocycles. The van der Waals surface area contributed by atoms with E-state index >= 15 is 0 Å². The Morgan fingerprint density at radius 1 is 1.38 bits per heavy atom. The third kappa shape index (κ3) is 1.67. The van der Waals surface area contributed by atoms with E-state index in [1.165, 1.54) is 7.11 Å². The molecule has 0 radical (unpaired) electrons. The molecule has 0 spiro atoms. The topological polar surface area (TPSA) is 44.1 Å². The molecule has 0 N–H and O–H groups in total. The van der Waals surface area contributed by atoms with Gasteiger partial charge in [0.15, 0.2) is 0 Å². The lowest BCUT2D eigenvalue weighted by atomic mass is 10.3. The van der Waals surface area contributed by atoms with Crippen molar-refractivity contribution in [3.8, 4) is 5.69 Å². The molecule has 0 saturated carbocycles. The minimum Gasteiger partial charge on any atom is -0.465 e. The highest BCUT2D eigenvalue weighted by Gasteiger charge is 2.18. The van der Waals surface area contributed by atoms with Crippen LogP contribution in [0.4, 0.5) is 4.39 Å². The number of ether oxygens (including phenoxy) is 1. The fraction of sp³-hybridized carbons (Fsp3) is 0.0909. The van der Waals surface area contributed by atoms with Gasteiger partial charge in [0.05, 0.1) is 19.0 Å². The molecule has 4 nitrogen and oxygen atoms in total. The van der Waals surface area contributed by atoms with E-state index in [-0.39, 0.29) is 5.56 Å². The summed E-state index contributed by atoms with van der Waals surface area (Å²) >= 11 is 0. The molecule has 0 bridgehead atoms. The Labute approximate surface area is 91.3 Å². The fourth-order valence-electron chi connectivity index (χ4n) is 1.33. The summed E-state index contributed by atoms with van der Waals surface area (Å²) in [6.07, 6.45) is 1.15. The standard InChI is InChI=1S/C11H9FN2O2/c1-16-11(15)9-7-13-14(10(9)12)8-5-3-2-4-6-8/h2-7H,1H3. The number of rotatable bonds is 2. The molecule has 0 aliphatic rings. The Morgan fingerprint density at radius 3 is 2.69 bits per heavy atom. The third-order valence-electron chi connectivity index (χ3n) is 2.12. The van der Waals surface area contributed by atoms with Crippen LogP contribution in [-0.4, -0.2) is 22.9 Å². The molecular formula is C11H9FN2O2. The molecule has 0 fully saturated rings. The number of carbonyl (C=O) groups excluding carboxylic acids is 1. The summed E-state index contributed by atoms with van der Waals surface area (Å²) in [5.41, 5.74) is 0.376. The smallest absolute Gasteiger partial charge is 0.344 e. The fourth-order valence-corrected chi connectivity index (χ4v) is 1.33. The van der Waals surface area contributed by atoms with Crippen molar-refractivity contribution in [3.63, 3.8) is 0 Å². The first-order valence-electron chi connectivity index (χ1n) is 4.61. The molecular weight excluding hydrogens is 211 g/mol. The average molecular weight is 220 g/mol. The SMILES string of the molecule is COC(=O)c1cnn(-c2ccccc2)c1F. The van der Waals surface area contributed by atoms with Crippen LogP contribution < -0.4 is 0 Å². The van der Waals surface area contributed by atoms with Gasteiger partial charge < -0.3 is 4.74 Å². The summed E-state index contributed by atoms with van der Waals surface area (Å²) in [5, 5.41) is 3.80. The van der Waals surface area contributed by atoms with Gasteiger partial charge >= 0.3 is 5.97 Å². The number of hydrogen-bond acceptors (Lipinski definition) is 3. The number of halogens is 1. The second kappa shape index (κ2) is 4.14.